The molecule has 2 heterocycles. The lowest BCUT2D eigenvalue weighted by molar-refractivity contribution is -0.142. The second-order valence-electron chi connectivity index (χ2n) is 4.99. The van der Waals surface area contributed by atoms with E-state index in [4.69, 9.17) is 9.47 Å². The summed E-state index contributed by atoms with van der Waals surface area (Å²) < 4.78 is 10.9. The SMILES string of the molecule is CCOC(=O)Cc1ccc2c(c1)CCc1cccnc1O2. The average molecular weight is 283 g/mol. The van der Waals surface area contributed by atoms with Crippen LogP contribution in [-0.4, -0.2) is 17.6 Å². The first-order chi connectivity index (χ1) is 10.3. The van der Waals surface area contributed by atoms with Crippen molar-refractivity contribution < 1.29 is 14.3 Å². The number of nitrogens with zero attached hydrogens (tertiary/aromatic N) is 1. The lowest BCUT2D eigenvalue weighted by atomic mass is 10.0. The van der Waals surface area contributed by atoms with Gasteiger partial charge in [0.25, 0.3) is 0 Å². The van der Waals surface area contributed by atoms with Gasteiger partial charge in [0.2, 0.25) is 5.88 Å². The van der Waals surface area contributed by atoms with Crippen LogP contribution in [0.5, 0.6) is 11.6 Å². The minimum Gasteiger partial charge on any atom is -0.466 e. The Morgan fingerprint density at radius 2 is 2.14 bits per heavy atom. The first-order valence-corrected chi connectivity index (χ1v) is 7.15. The number of pyridine rings is 1. The molecule has 0 saturated heterocycles. The summed E-state index contributed by atoms with van der Waals surface area (Å²) in [5.74, 6) is 1.30. The maximum Gasteiger partial charge on any atom is 0.310 e. The summed E-state index contributed by atoms with van der Waals surface area (Å²) in [6.07, 6.45) is 3.80. The molecule has 0 aliphatic carbocycles. The van der Waals surface area contributed by atoms with Crippen LogP contribution in [0.2, 0.25) is 0 Å². The van der Waals surface area contributed by atoms with E-state index in [9.17, 15) is 4.79 Å². The third kappa shape index (κ3) is 3.05. The van der Waals surface area contributed by atoms with Gasteiger partial charge in [-0.25, -0.2) is 4.98 Å². The topological polar surface area (TPSA) is 48.4 Å². The van der Waals surface area contributed by atoms with Crippen molar-refractivity contribution in [3.05, 3.63) is 53.2 Å². The Kier molecular flexibility index (Phi) is 3.86. The van der Waals surface area contributed by atoms with E-state index in [1.165, 1.54) is 0 Å². The quantitative estimate of drug-likeness (QED) is 0.812. The molecule has 4 heteroatoms. The van der Waals surface area contributed by atoms with E-state index in [2.05, 4.69) is 4.98 Å². The van der Waals surface area contributed by atoms with E-state index in [1.54, 1.807) is 6.20 Å². The molecule has 0 N–H and O–H groups in total. The molecular formula is C17H17NO3. The highest BCUT2D eigenvalue weighted by Crippen LogP contribution is 2.32. The zero-order chi connectivity index (χ0) is 14.7. The number of benzene rings is 1. The van der Waals surface area contributed by atoms with E-state index in [1.807, 2.05) is 37.3 Å². The van der Waals surface area contributed by atoms with E-state index in [0.29, 0.717) is 18.9 Å². The molecule has 0 atom stereocenters. The highest BCUT2D eigenvalue weighted by Gasteiger charge is 2.16. The summed E-state index contributed by atoms with van der Waals surface area (Å²) in [4.78, 5) is 15.8. The minimum atomic E-state index is -0.197. The van der Waals surface area contributed by atoms with Crippen molar-refractivity contribution in [1.82, 2.24) is 4.98 Å². The molecular weight excluding hydrogens is 266 g/mol. The molecule has 1 aliphatic heterocycles. The molecule has 0 bridgehead atoms. The molecule has 1 aromatic carbocycles. The fraction of sp³-hybridized carbons (Fsp3) is 0.294. The summed E-state index contributed by atoms with van der Waals surface area (Å²) in [5, 5.41) is 0. The lowest BCUT2D eigenvalue weighted by Crippen LogP contribution is -2.07. The second kappa shape index (κ2) is 5.95. The number of aromatic nitrogens is 1. The number of ether oxygens (including phenoxy) is 2. The normalized spacial score (nSPS) is 12.6. The molecule has 0 radical (unpaired) electrons. The Balaban J connectivity index is 1.83. The van der Waals surface area contributed by atoms with Crippen LogP contribution < -0.4 is 4.74 Å². The molecule has 108 valence electrons. The molecule has 1 aromatic heterocycles. The number of esters is 1. The van der Waals surface area contributed by atoms with Crippen LogP contribution in [0.25, 0.3) is 0 Å². The van der Waals surface area contributed by atoms with Crippen LogP contribution in [0.3, 0.4) is 0 Å². The van der Waals surface area contributed by atoms with Crippen molar-refractivity contribution in [2.24, 2.45) is 0 Å². The molecule has 0 spiro atoms. The summed E-state index contributed by atoms with van der Waals surface area (Å²) in [6, 6.07) is 9.80. The Hall–Kier alpha value is -2.36. The molecule has 2 aromatic rings. The number of aryl methyl sites for hydroxylation is 2. The summed E-state index contributed by atoms with van der Waals surface area (Å²) >= 11 is 0. The van der Waals surface area contributed by atoms with Gasteiger partial charge in [-0.05, 0) is 43.0 Å². The van der Waals surface area contributed by atoms with Gasteiger partial charge in [-0.2, -0.15) is 0 Å². The molecule has 4 nitrogen and oxygen atoms in total. The Bertz CT molecular complexity index is 667. The van der Waals surface area contributed by atoms with Crippen LogP contribution in [0, 0.1) is 0 Å². The Morgan fingerprint density at radius 3 is 3.00 bits per heavy atom. The second-order valence-corrected chi connectivity index (χ2v) is 4.99. The van der Waals surface area contributed by atoms with Gasteiger partial charge in [0.15, 0.2) is 0 Å². The Morgan fingerprint density at radius 1 is 1.29 bits per heavy atom. The predicted molar refractivity (Wildman–Crippen MR) is 78.5 cm³/mol. The van der Waals surface area contributed by atoms with Crippen LogP contribution in [0.4, 0.5) is 0 Å². The lowest BCUT2D eigenvalue weighted by Gasteiger charge is -2.09. The van der Waals surface area contributed by atoms with Crippen molar-refractivity contribution >= 4 is 5.97 Å². The maximum absolute atomic E-state index is 11.6. The highest BCUT2D eigenvalue weighted by molar-refractivity contribution is 5.72. The van der Waals surface area contributed by atoms with E-state index in [-0.39, 0.29) is 5.97 Å². The van der Waals surface area contributed by atoms with Crippen LogP contribution >= 0.6 is 0 Å². The molecule has 21 heavy (non-hydrogen) atoms. The fourth-order valence-electron chi connectivity index (χ4n) is 2.50. The zero-order valence-electron chi connectivity index (χ0n) is 12.0. The van der Waals surface area contributed by atoms with E-state index < -0.39 is 0 Å². The molecule has 0 fully saturated rings. The number of fused-ring (bicyclic) bond motifs is 2. The van der Waals surface area contributed by atoms with Crippen molar-refractivity contribution in [2.45, 2.75) is 26.2 Å². The third-order valence-corrected chi connectivity index (χ3v) is 3.50. The number of carbonyl (C=O) groups is 1. The monoisotopic (exact) mass is 283 g/mol. The highest BCUT2D eigenvalue weighted by atomic mass is 16.5. The van der Waals surface area contributed by atoms with Crippen LogP contribution in [0.1, 0.15) is 23.6 Å². The average Bonchev–Trinajstić information content (AvgIpc) is 2.66. The minimum absolute atomic E-state index is 0.197. The first kappa shape index (κ1) is 13.6. The van der Waals surface area contributed by atoms with E-state index >= 15 is 0 Å². The van der Waals surface area contributed by atoms with Gasteiger partial charge in [-0.3, -0.25) is 4.79 Å². The largest absolute Gasteiger partial charge is 0.466 e. The van der Waals surface area contributed by atoms with Crippen LogP contribution in [-0.2, 0) is 28.8 Å². The van der Waals surface area contributed by atoms with Gasteiger partial charge in [-0.15, -0.1) is 0 Å². The van der Waals surface area contributed by atoms with Gasteiger partial charge in [-0.1, -0.05) is 18.2 Å². The van der Waals surface area contributed by atoms with Crippen molar-refractivity contribution in [1.29, 1.82) is 0 Å². The van der Waals surface area contributed by atoms with Gasteiger partial charge >= 0.3 is 5.97 Å². The Labute approximate surface area is 123 Å². The van der Waals surface area contributed by atoms with Crippen molar-refractivity contribution in [3.63, 3.8) is 0 Å². The fourth-order valence-corrected chi connectivity index (χ4v) is 2.50. The first-order valence-electron chi connectivity index (χ1n) is 7.15. The number of carbonyl (C=O) groups excluding carboxylic acids is 1. The summed E-state index contributed by atoms with van der Waals surface area (Å²) in [7, 11) is 0. The summed E-state index contributed by atoms with van der Waals surface area (Å²) in [5.41, 5.74) is 3.17. The number of rotatable bonds is 3. The smallest absolute Gasteiger partial charge is 0.310 e. The maximum atomic E-state index is 11.6. The number of hydrogen-bond donors (Lipinski definition) is 0. The zero-order valence-corrected chi connectivity index (χ0v) is 12.0. The van der Waals surface area contributed by atoms with Gasteiger partial charge < -0.3 is 9.47 Å². The molecule has 0 saturated carbocycles. The van der Waals surface area contributed by atoms with E-state index in [0.717, 1.165) is 35.3 Å². The van der Waals surface area contributed by atoms with Crippen molar-refractivity contribution in [3.8, 4) is 11.6 Å². The van der Waals surface area contributed by atoms with Gasteiger partial charge in [0.1, 0.15) is 5.75 Å². The predicted octanol–water partition coefficient (Wildman–Crippen LogP) is 3.08. The van der Waals surface area contributed by atoms with Gasteiger partial charge in [0, 0.05) is 11.8 Å². The summed E-state index contributed by atoms with van der Waals surface area (Å²) in [6.45, 7) is 2.22. The molecule has 1 aliphatic rings. The molecule has 0 amide bonds. The number of hydrogen-bond acceptors (Lipinski definition) is 4. The van der Waals surface area contributed by atoms with Gasteiger partial charge in [0.05, 0.1) is 13.0 Å². The molecule has 0 unspecified atom stereocenters. The van der Waals surface area contributed by atoms with Crippen LogP contribution in [0.15, 0.2) is 36.5 Å². The third-order valence-electron chi connectivity index (χ3n) is 3.50. The standard InChI is InChI=1S/C17H17NO3/c1-2-20-16(19)11-12-5-8-15-14(10-12)7-6-13-4-3-9-18-17(13)21-15/h3-5,8-10H,2,6-7,11H2,1H3. The molecule has 3 rings (SSSR count). The van der Waals surface area contributed by atoms with Crippen molar-refractivity contribution in [2.75, 3.05) is 6.61 Å².